The summed E-state index contributed by atoms with van der Waals surface area (Å²) in [5, 5.41) is 3.57. The third kappa shape index (κ3) is 5.00. The quantitative estimate of drug-likeness (QED) is 0.805. The van der Waals surface area contributed by atoms with Crippen LogP contribution in [-0.2, 0) is 0 Å². The van der Waals surface area contributed by atoms with Crippen molar-refractivity contribution in [3.05, 3.63) is 29.8 Å². The zero-order chi connectivity index (χ0) is 12.7. The molecule has 0 amide bonds. The summed E-state index contributed by atoms with van der Waals surface area (Å²) < 4.78 is 5.24. The number of rotatable bonds is 7. The first-order valence-electron chi connectivity index (χ1n) is 6.03. The molecule has 1 aromatic rings. The van der Waals surface area contributed by atoms with Gasteiger partial charge in [0.25, 0.3) is 0 Å². The first-order valence-corrected chi connectivity index (χ1v) is 7.43. The number of nitrogens with one attached hydrogen (secondary N) is 1. The molecule has 2 atom stereocenters. The predicted molar refractivity (Wildman–Crippen MR) is 77.0 cm³/mol. The molecule has 1 aromatic carbocycles. The van der Waals surface area contributed by atoms with Crippen molar-refractivity contribution in [3.63, 3.8) is 0 Å². The van der Waals surface area contributed by atoms with E-state index < -0.39 is 0 Å². The van der Waals surface area contributed by atoms with Crippen molar-refractivity contribution in [1.82, 2.24) is 5.32 Å². The fourth-order valence-electron chi connectivity index (χ4n) is 1.75. The first-order chi connectivity index (χ1) is 8.17. The Balaban J connectivity index is 2.48. The van der Waals surface area contributed by atoms with Gasteiger partial charge in [0.05, 0.1) is 7.11 Å². The summed E-state index contributed by atoms with van der Waals surface area (Å²) in [5.74, 6) is 2.84. The zero-order valence-electron chi connectivity index (χ0n) is 11.2. The maximum absolute atomic E-state index is 5.24. The summed E-state index contributed by atoms with van der Waals surface area (Å²) in [7, 11) is 1.71. The van der Waals surface area contributed by atoms with Crippen LogP contribution in [0.5, 0.6) is 5.75 Å². The van der Waals surface area contributed by atoms with Crippen molar-refractivity contribution in [2.75, 3.05) is 25.7 Å². The second kappa shape index (κ2) is 7.62. The minimum absolute atomic E-state index is 0.370. The van der Waals surface area contributed by atoms with Gasteiger partial charge in [-0.15, -0.1) is 0 Å². The Morgan fingerprint density at radius 1 is 1.35 bits per heavy atom. The van der Waals surface area contributed by atoms with Crippen LogP contribution in [0.25, 0.3) is 0 Å². The van der Waals surface area contributed by atoms with Gasteiger partial charge < -0.3 is 10.1 Å². The standard InChI is InChI=1S/C14H23NOS/c1-11(10-17-4)9-15-12(2)13-6-5-7-14(8-13)16-3/h5-8,11-12,15H,9-10H2,1-4H3. The summed E-state index contributed by atoms with van der Waals surface area (Å²) in [6, 6.07) is 8.62. The lowest BCUT2D eigenvalue weighted by molar-refractivity contribution is 0.413. The highest BCUT2D eigenvalue weighted by Gasteiger charge is 2.07. The van der Waals surface area contributed by atoms with Gasteiger partial charge in [-0.25, -0.2) is 0 Å². The van der Waals surface area contributed by atoms with Crippen LogP contribution in [0, 0.1) is 5.92 Å². The highest BCUT2D eigenvalue weighted by atomic mass is 32.2. The van der Waals surface area contributed by atoms with Gasteiger partial charge in [0.1, 0.15) is 5.75 Å². The molecule has 3 heteroatoms. The van der Waals surface area contributed by atoms with E-state index in [9.17, 15) is 0 Å². The van der Waals surface area contributed by atoms with Crippen LogP contribution in [-0.4, -0.2) is 25.7 Å². The Morgan fingerprint density at radius 3 is 2.76 bits per heavy atom. The first kappa shape index (κ1) is 14.4. The van der Waals surface area contributed by atoms with Crippen molar-refractivity contribution < 1.29 is 4.74 Å². The SMILES string of the molecule is COc1cccc(C(C)NCC(C)CSC)c1. The Hall–Kier alpha value is -0.670. The van der Waals surface area contributed by atoms with E-state index in [1.807, 2.05) is 23.9 Å². The molecule has 0 bridgehead atoms. The fraction of sp³-hybridized carbons (Fsp3) is 0.571. The molecule has 0 aromatic heterocycles. The number of hydrogen-bond donors (Lipinski definition) is 1. The molecule has 0 aliphatic heterocycles. The average molecular weight is 253 g/mol. The molecular formula is C14H23NOS. The summed E-state index contributed by atoms with van der Waals surface area (Å²) >= 11 is 1.90. The molecule has 1 rings (SSSR count). The topological polar surface area (TPSA) is 21.3 Å². The summed E-state index contributed by atoms with van der Waals surface area (Å²) in [5.41, 5.74) is 1.28. The normalized spacial score (nSPS) is 14.4. The molecular weight excluding hydrogens is 230 g/mol. The molecule has 0 heterocycles. The van der Waals surface area contributed by atoms with Crippen molar-refractivity contribution in [1.29, 1.82) is 0 Å². The highest BCUT2D eigenvalue weighted by Crippen LogP contribution is 2.19. The lowest BCUT2D eigenvalue weighted by atomic mass is 10.1. The molecule has 0 aliphatic carbocycles. The van der Waals surface area contributed by atoms with Crippen molar-refractivity contribution in [3.8, 4) is 5.75 Å². The lowest BCUT2D eigenvalue weighted by Crippen LogP contribution is -2.25. The van der Waals surface area contributed by atoms with Gasteiger partial charge in [-0.2, -0.15) is 11.8 Å². The highest BCUT2D eigenvalue weighted by molar-refractivity contribution is 7.98. The van der Waals surface area contributed by atoms with Crippen LogP contribution in [0.1, 0.15) is 25.5 Å². The minimum atomic E-state index is 0.370. The van der Waals surface area contributed by atoms with Gasteiger partial charge in [0, 0.05) is 6.04 Å². The summed E-state index contributed by atoms with van der Waals surface area (Å²) in [4.78, 5) is 0. The fourth-order valence-corrected chi connectivity index (χ4v) is 2.44. The maximum atomic E-state index is 5.24. The molecule has 0 radical (unpaired) electrons. The van der Waals surface area contributed by atoms with Crippen LogP contribution in [0.15, 0.2) is 24.3 Å². The zero-order valence-corrected chi connectivity index (χ0v) is 12.0. The second-order valence-electron chi connectivity index (χ2n) is 4.47. The molecule has 2 nitrogen and oxygen atoms in total. The largest absolute Gasteiger partial charge is 0.497 e. The molecule has 0 aliphatic rings. The van der Waals surface area contributed by atoms with Gasteiger partial charge in [0.2, 0.25) is 0 Å². The molecule has 96 valence electrons. The molecule has 2 unspecified atom stereocenters. The van der Waals surface area contributed by atoms with Crippen molar-refractivity contribution >= 4 is 11.8 Å². The van der Waals surface area contributed by atoms with Crippen LogP contribution < -0.4 is 10.1 Å². The van der Waals surface area contributed by atoms with E-state index in [0.29, 0.717) is 12.0 Å². The van der Waals surface area contributed by atoms with Gasteiger partial charge >= 0.3 is 0 Å². The Labute approximate surface area is 109 Å². The molecule has 0 fully saturated rings. The molecule has 0 saturated carbocycles. The van der Waals surface area contributed by atoms with E-state index in [1.165, 1.54) is 11.3 Å². The van der Waals surface area contributed by atoms with Gasteiger partial charge in [0.15, 0.2) is 0 Å². The average Bonchev–Trinajstić information content (AvgIpc) is 2.36. The van der Waals surface area contributed by atoms with Crippen molar-refractivity contribution in [2.24, 2.45) is 5.92 Å². The predicted octanol–water partition coefficient (Wildman–Crippen LogP) is 3.34. The van der Waals surface area contributed by atoms with Crippen LogP contribution in [0.2, 0.25) is 0 Å². The van der Waals surface area contributed by atoms with Gasteiger partial charge in [-0.1, -0.05) is 19.1 Å². The minimum Gasteiger partial charge on any atom is -0.497 e. The third-order valence-electron chi connectivity index (χ3n) is 2.82. The third-order valence-corrected chi connectivity index (χ3v) is 3.72. The van der Waals surface area contributed by atoms with Crippen LogP contribution >= 0.6 is 11.8 Å². The number of ether oxygens (including phenoxy) is 1. The molecule has 0 saturated heterocycles. The monoisotopic (exact) mass is 253 g/mol. The number of hydrogen-bond acceptors (Lipinski definition) is 3. The number of benzene rings is 1. The van der Waals surface area contributed by atoms with E-state index in [-0.39, 0.29) is 0 Å². The number of methoxy groups -OCH3 is 1. The van der Waals surface area contributed by atoms with E-state index in [4.69, 9.17) is 4.74 Å². The van der Waals surface area contributed by atoms with Gasteiger partial charge in [-0.05, 0) is 49.1 Å². The Morgan fingerprint density at radius 2 is 2.12 bits per heavy atom. The van der Waals surface area contributed by atoms with Gasteiger partial charge in [-0.3, -0.25) is 0 Å². The van der Waals surface area contributed by atoms with E-state index in [2.05, 4.69) is 37.6 Å². The molecule has 17 heavy (non-hydrogen) atoms. The Kier molecular flexibility index (Phi) is 6.45. The second-order valence-corrected chi connectivity index (χ2v) is 5.38. The molecule has 0 spiro atoms. The van der Waals surface area contributed by atoms with Crippen molar-refractivity contribution in [2.45, 2.75) is 19.9 Å². The summed E-state index contributed by atoms with van der Waals surface area (Å²) in [6.07, 6.45) is 2.15. The van der Waals surface area contributed by atoms with Crippen LogP contribution in [0.4, 0.5) is 0 Å². The maximum Gasteiger partial charge on any atom is 0.119 e. The van der Waals surface area contributed by atoms with Crippen LogP contribution in [0.3, 0.4) is 0 Å². The number of thioether (sulfide) groups is 1. The Bertz CT molecular complexity index is 330. The van der Waals surface area contributed by atoms with E-state index in [0.717, 1.165) is 12.3 Å². The summed E-state index contributed by atoms with van der Waals surface area (Å²) in [6.45, 7) is 5.53. The van der Waals surface area contributed by atoms with E-state index >= 15 is 0 Å². The van der Waals surface area contributed by atoms with E-state index in [1.54, 1.807) is 7.11 Å². The lowest BCUT2D eigenvalue weighted by Gasteiger charge is -2.18. The molecule has 1 N–H and O–H groups in total. The smallest absolute Gasteiger partial charge is 0.119 e.